The molecule has 3 rings (SSSR count). The van der Waals surface area contributed by atoms with Crippen LogP contribution in [0.2, 0.25) is 0 Å². The van der Waals surface area contributed by atoms with Crippen LogP contribution in [-0.2, 0) is 12.8 Å². The topological polar surface area (TPSA) is 17.3 Å². The number of nitrogens with zero attached hydrogens (tertiary/aromatic N) is 2. The van der Waals surface area contributed by atoms with Gasteiger partial charge in [0.05, 0.1) is 11.2 Å². The zero-order chi connectivity index (χ0) is 12.4. The molecule has 0 spiro atoms. The number of rotatable bonds is 3. The van der Waals surface area contributed by atoms with Gasteiger partial charge in [-0.3, -0.25) is 4.98 Å². The fourth-order valence-corrected chi connectivity index (χ4v) is 2.24. The highest BCUT2D eigenvalue weighted by Crippen LogP contribution is 2.12. The number of fused-ring (bicyclic) bond motifs is 1. The molecule has 0 aliphatic rings. The Kier molecular flexibility index (Phi) is 2.85. The minimum atomic E-state index is 0.984. The van der Waals surface area contributed by atoms with E-state index in [0.29, 0.717) is 0 Å². The van der Waals surface area contributed by atoms with Crippen molar-refractivity contribution in [2.24, 2.45) is 0 Å². The van der Waals surface area contributed by atoms with Gasteiger partial charge in [0.15, 0.2) is 0 Å². The Hall–Kier alpha value is -2.09. The van der Waals surface area contributed by atoms with Crippen molar-refractivity contribution in [2.45, 2.75) is 19.8 Å². The van der Waals surface area contributed by atoms with Gasteiger partial charge < -0.3 is 4.40 Å². The molecule has 0 fully saturated rings. The first kappa shape index (κ1) is 11.0. The van der Waals surface area contributed by atoms with E-state index in [2.05, 4.69) is 58.9 Å². The summed E-state index contributed by atoms with van der Waals surface area (Å²) in [4.78, 5) is 4.49. The zero-order valence-corrected chi connectivity index (χ0v) is 10.5. The van der Waals surface area contributed by atoms with Crippen LogP contribution in [0.25, 0.3) is 5.52 Å². The van der Waals surface area contributed by atoms with Gasteiger partial charge in [-0.15, -0.1) is 0 Å². The molecule has 0 aliphatic heterocycles. The summed E-state index contributed by atoms with van der Waals surface area (Å²) in [5.41, 5.74) is 5.06. The SMILES string of the molecule is Cc1ccc(CCc2nccn3cccc23)cc1. The van der Waals surface area contributed by atoms with Crippen LogP contribution in [0.15, 0.2) is 55.0 Å². The van der Waals surface area contributed by atoms with Crippen molar-refractivity contribution in [1.29, 1.82) is 0 Å². The highest BCUT2D eigenvalue weighted by molar-refractivity contribution is 5.52. The molecule has 0 saturated carbocycles. The second-order valence-corrected chi connectivity index (χ2v) is 4.66. The van der Waals surface area contributed by atoms with Crippen LogP contribution in [0.4, 0.5) is 0 Å². The van der Waals surface area contributed by atoms with E-state index in [0.717, 1.165) is 12.8 Å². The summed E-state index contributed by atoms with van der Waals surface area (Å²) in [5.74, 6) is 0. The van der Waals surface area contributed by atoms with Crippen molar-refractivity contribution in [3.8, 4) is 0 Å². The molecule has 2 heterocycles. The minimum Gasteiger partial charge on any atom is -0.321 e. The lowest BCUT2D eigenvalue weighted by atomic mass is 10.1. The molecular weight excluding hydrogens is 220 g/mol. The molecule has 18 heavy (non-hydrogen) atoms. The van der Waals surface area contributed by atoms with E-state index in [-0.39, 0.29) is 0 Å². The van der Waals surface area contributed by atoms with Crippen molar-refractivity contribution in [1.82, 2.24) is 9.38 Å². The number of aromatic nitrogens is 2. The summed E-state index contributed by atoms with van der Waals surface area (Å²) in [5, 5.41) is 0. The summed E-state index contributed by atoms with van der Waals surface area (Å²) in [6.07, 6.45) is 7.95. The molecule has 3 aromatic rings. The number of aryl methyl sites for hydroxylation is 3. The summed E-state index contributed by atoms with van der Waals surface area (Å²) in [6.45, 7) is 2.12. The van der Waals surface area contributed by atoms with Crippen LogP contribution in [0, 0.1) is 6.92 Å². The maximum atomic E-state index is 4.49. The van der Waals surface area contributed by atoms with Gasteiger partial charge in [-0.05, 0) is 37.5 Å². The lowest BCUT2D eigenvalue weighted by molar-refractivity contribution is 0.907. The third kappa shape index (κ3) is 2.14. The molecule has 0 aliphatic carbocycles. The number of hydrogen-bond acceptors (Lipinski definition) is 1. The molecule has 90 valence electrons. The fraction of sp³-hybridized carbons (Fsp3) is 0.188. The van der Waals surface area contributed by atoms with Gasteiger partial charge in [0.25, 0.3) is 0 Å². The molecular formula is C16H16N2. The van der Waals surface area contributed by atoms with Gasteiger partial charge in [-0.25, -0.2) is 0 Å². The summed E-state index contributed by atoms with van der Waals surface area (Å²) < 4.78 is 2.12. The zero-order valence-electron chi connectivity index (χ0n) is 10.5. The lowest BCUT2D eigenvalue weighted by Crippen LogP contribution is -1.97. The first-order valence-electron chi connectivity index (χ1n) is 6.29. The van der Waals surface area contributed by atoms with E-state index in [9.17, 15) is 0 Å². The van der Waals surface area contributed by atoms with E-state index in [1.54, 1.807) is 0 Å². The standard InChI is InChI=1S/C16H16N2/c1-13-4-6-14(7-5-13)8-9-15-16-3-2-11-18(16)12-10-17-15/h2-7,10-12H,8-9H2,1H3. The largest absolute Gasteiger partial charge is 0.321 e. The third-order valence-electron chi connectivity index (χ3n) is 3.30. The second-order valence-electron chi connectivity index (χ2n) is 4.66. The molecule has 0 atom stereocenters. The number of hydrogen-bond donors (Lipinski definition) is 0. The Labute approximate surface area is 107 Å². The Morgan fingerprint density at radius 1 is 1.00 bits per heavy atom. The van der Waals surface area contributed by atoms with Crippen molar-refractivity contribution in [2.75, 3.05) is 0 Å². The van der Waals surface area contributed by atoms with Gasteiger partial charge in [-0.2, -0.15) is 0 Å². The van der Waals surface area contributed by atoms with Crippen LogP contribution in [0.5, 0.6) is 0 Å². The molecule has 2 aromatic heterocycles. The molecule has 0 amide bonds. The highest BCUT2D eigenvalue weighted by Gasteiger charge is 2.02. The first-order valence-corrected chi connectivity index (χ1v) is 6.29. The predicted molar refractivity (Wildman–Crippen MR) is 73.8 cm³/mol. The van der Waals surface area contributed by atoms with Crippen molar-refractivity contribution in [3.05, 3.63) is 71.8 Å². The van der Waals surface area contributed by atoms with Crippen molar-refractivity contribution >= 4 is 5.52 Å². The van der Waals surface area contributed by atoms with Crippen molar-refractivity contribution < 1.29 is 0 Å². The summed E-state index contributed by atoms with van der Waals surface area (Å²) in [7, 11) is 0. The lowest BCUT2D eigenvalue weighted by Gasteiger charge is -2.04. The molecule has 0 radical (unpaired) electrons. The van der Waals surface area contributed by atoms with Crippen LogP contribution in [-0.4, -0.2) is 9.38 Å². The minimum absolute atomic E-state index is 0.984. The number of benzene rings is 1. The first-order chi connectivity index (χ1) is 8.83. The van der Waals surface area contributed by atoms with Crippen LogP contribution in [0.3, 0.4) is 0 Å². The van der Waals surface area contributed by atoms with Gasteiger partial charge >= 0.3 is 0 Å². The molecule has 0 bridgehead atoms. The van der Waals surface area contributed by atoms with Gasteiger partial charge in [0.2, 0.25) is 0 Å². The van der Waals surface area contributed by atoms with E-state index in [1.807, 2.05) is 12.4 Å². The van der Waals surface area contributed by atoms with E-state index in [1.165, 1.54) is 22.3 Å². The average Bonchev–Trinajstić information content (AvgIpc) is 2.87. The predicted octanol–water partition coefficient (Wildman–Crippen LogP) is 3.43. The average molecular weight is 236 g/mol. The molecule has 2 heteroatoms. The molecule has 1 aromatic carbocycles. The summed E-state index contributed by atoms with van der Waals surface area (Å²) >= 11 is 0. The Morgan fingerprint density at radius 2 is 1.83 bits per heavy atom. The van der Waals surface area contributed by atoms with Crippen LogP contribution >= 0.6 is 0 Å². The maximum absolute atomic E-state index is 4.49. The van der Waals surface area contributed by atoms with E-state index < -0.39 is 0 Å². The van der Waals surface area contributed by atoms with Gasteiger partial charge in [-0.1, -0.05) is 29.8 Å². The second kappa shape index (κ2) is 4.65. The van der Waals surface area contributed by atoms with E-state index >= 15 is 0 Å². The third-order valence-corrected chi connectivity index (χ3v) is 3.30. The molecule has 0 unspecified atom stereocenters. The van der Waals surface area contributed by atoms with Crippen molar-refractivity contribution in [3.63, 3.8) is 0 Å². The van der Waals surface area contributed by atoms with Gasteiger partial charge in [0, 0.05) is 18.6 Å². The maximum Gasteiger partial charge on any atom is 0.0666 e. The molecule has 0 N–H and O–H groups in total. The van der Waals surface area contributed by atoms with Crippen LogP contribution in [0.1, 0.15) is 16.8 Å². The normalized spacial score (nSPS) is 10.9. The fourth-order valence-electron chi connectivity index (χ4n) is 2.24. The Morgan fingerprint density at radius 3 is 2.67 bits per heavy atom. The van der Waals surface area contributed by atoms with Crippen LogP contribution < -0.4 is 0 Å². The Bertz CT molecular complexity index is 650. The van der Waals surface area contributed by atoms with Gasteiger partial charge in [0.1, 0.15) is 0 Å². The highest BCUT2D eigenvalue weighted by atomic mass is 14.9. The molecule has 0 saturated heterocycles. The Balaban J connectivity index is 1.80. The summed E-state index contributed by atoms with van der Waals surface area (Å²) in [6, 6.07) is 12.9. The van der Waals surface area contributed by atoms with E-state index in [4.69, 9.17) is 0 Å². The smallest absolute Gasteiger partial charge is 0.0666 e. The molecule has 2 nitrogen and oxygen atoms in total. The monoisotopic (exact) mass is 236 g/mol. The quantitative estimate of drug-likeness (QED) is 0.681.